The van der Waals surface area contributed by atoms with E-state index in [-0.39, 0.29) is 34.8 Å². The van der Waals surface area contributed by atoms with Crippen molar-refractivity contribution >= 4 is 46.1 Å². The molecule has 0 saturated carbocycles. The van der Waals surface area contributed by atoms with Gasteiger partial charge < -0.3 is 9.97 Å². The number of nitrogens with one attached hydrogen (secondary N) is 6. The van der Waals surface area contributed by atoms with Crippen LogP contribution in [0.25, 0.3) is 22.3 Å². The SMILES string of the molecule is Cc1nc(Nc2nc3[nH]cnc3c(=O)[nH]2)nc(Nc2nc3[nH]cnc3c(=O)[nH]2)n1. The van der Waals surface area contributed by atoms with Crippen molar-refractivity contribution in [3.8, 4) is 0 Å². The Morgan fingerprint density at radius 2 is 1.21 bits per heavy atom. The van der Waals surface area contributed by atoms with E-state index in [0.717, 1.165) is 0 Å². The molecule has 0 aliphatic carbocycles. The Bertz CT molecular complexity index is 1370. The quantitative estimate of drug-likeness (QED) is 0.231. The van der Waals surface area contributed by atoms with Gasteiger partial charge in [-0.2, -0.15) is 24.9 Å². The highest BCUT2D eigenvalue weighted by molar-refractivity contribution is 5.71. The van der Waals surface area contributed by atoms with Crippen molar-refractivity contribution in [2.24, 2.45) is 0 Å². The number of hydrogen-bond donors (Lipinski definition) is 6. The number of aromatic nitrogens is 11. The maximum absolute atomic E-state index is 12.0. The van der Waals surface area contributed by atoms with Gasteiger partial charge in [0.05, 0.1) is 12.7 Å². The van der Waals surface area contributed by atoms with Crippen molar-refractivity contribution in [2.45, 2.75) is 6.92 Å². The van der Waals surface area contributed by atoms with Gasteiger partial charge in [-0.1, -0.05) is 0 Å². The maximum Gasteiger partial charge on any atom is 0.280 e. The lowest BCUT2D eigenvalue weighted by Crippen LogP contribution is -2.14. The minimum atomic E-state index is -0.419. The van der Waals surface area contributed by atoms with Gasteiger partial charge in [0.25, 0.3) is 11.1 Å². The molecule has 0 amide bonds. The number of aryl methyl sites for hydroxylation is 1. The minimum Gasteiger partial charge on any atom is -0.329 e. The average molecular weight is 393 g/mol. The summed E-state index contributed by atoms with van der Waals surface area (Å²) in [6.07, 6.45) is 2.74. The Hall–Kier alpha value is -4.69. The molecule has 6 N–H and O–H groups in total. The molecule has 5 heterocycles. The van der Waals surface area contributed by atoms with Crippen LogP contribution < -0.4 is 21.8 Å². The van der Waals surface area contributed by atoms with Gasteiger partial charge in [-0.25, -0.2) is 9.97 Å². The molecule has 0 bridgehead atoms. The molecule has 0 aliphatic rings. The molecule has 29 heavy (non-hydrogen) atoms. The molecule has 0 aromatic carbocycles. The number of anilines is 4. The van der Waals surface area contributed by atoms with Crippen LogP contribution in [-0.4, -0.2) is 54.8 Å². The molecule has 0 aliphatic heterocycles. The standard InChI is InChI=1S/C14H11N13O2/c1-4-19-11(26-13-21-7-5(9(28)23-13)15-2-17-7)25-12(20-4)27-14-22-8-6(10(29)24-14)16-3-18-8/h2-3H,1H3,(H6,15,16,17,18,19,20,21,22,23,24,25,26,27,28,29). The number of fused-ring (bicyclic) bond motifs is 2. The van der Waals surface area contributed by atoms with E-state index in [1.807, 2.05) is 0 Å². The molecule has 0 fully saturated rings. The molecule has 144 valence electrons. The summed E-state index contributed by atoms with van der Waals surface area (Å²) in [5.74, 6) is 0.848. The van der Waals surface area contributed by atoms with Gasteiger partial charge in [0.2, 0.25) is 23.8 Å². The van der Waals surface area contributed by atoms with Gasteiger partial charge in [-0.15, -0.1) is 0 Å². The van der Waals surface area contributed by atoms with Crippen molar-refractivity contribution in [2.75, 3.05) is 10.6 Å². The third-order valence-electron chi connectivity index (χ3n) is 3.79. The zero-order chi connectivity index (χ0) is 20.0. The molecule has 0 radical (unpaired) electrons. The summed E-state index contributed by atoms with van der Waals surface area (Å²) in [4.78, 5) is 63.3. The molecule has 5 rings (SSSR count). The Morgan fingerprint density at radius 3 is 1.69 bits per heavy atom. The maximum atomic E-state index is 12.0. The van der Waals surface area contributed by atoms with E-state index < -0.39 is 11.1 Å². The van der Waals surface area contributed by atoms with Crippen molar-refractivity contribution in [1.29, 1.82) is 0 Å². The highest BCUT2D eigenvalue weighted by Gasteiger charge is 2.11. The molecule has 5 aromatic rings. The second kappa shape index (κ2) is 6.19. The molecule has 0 spiro atoms. The van der Waals surface area contributed by atoms with E-state index in [4.69, 9.17) is 0 Å². The zero-order valence-corrected chi connectivity index (χ0v) is 14.6. The summed E-state index contributed by atoms with van der Waals surface area (Å²) in [5, 5.41) is 5.61. The fraction of sp³-hybridized carbons (Fsp3) is 0.0714. The van der Waals surface area contributed by atoms with Crippen molar-refractivity contribution in [1.82, 2.24) is 54.8 Å². The molecular formula is C14H11N13O2. The lowest BCUT2D eigenvalue weighted by Gasteiger charge is -2.08. The van der Waals surface area contributed by atoms with E-state index in [9.17, 15) is 9.59 Å². The number of aromatic amines is 4. The number of rotatable bonds is 4. The molecule has 0 unspecified atom stereocenters. The van der Waals surface area contributed by atoms with Crippen LogP contribution in [0, 0.1) is 6.92 Å². The lowest BCUT2D eigenvalue weighted by molar-refractivity contribution is 0.973. The van der Waals surface area contributed by atoms with Gasteiger partial charge in [0, 0.05) is 0 Å². The summed E-state index contributed by atoms with van der Waals surface area (Å²) in [5.41, 5.74) is 0.169. The van der Waals surface area contributed by atoms with Gasteiger partial charge in [-0.3, -0.25) is 30.2 Å². The Morgan fingerprint density at radius 1 is 0.724 bits per heavy atom. The fourth-order valence-electron chi connectivity index (χ4n) is 2.61. The van der Waals surface area contributed by atoms with Crippen LogP contribution in [0.1, 0.15) is 5.82 Å². The molecule has 15 heteroatoms. The predicted octanol–water partition coefficient (Wildman–Crippen LogP) is -0.414. The van der Waals surface area contributed by atoms with E-state index in [1.54, 1.807) is 6.92 Å². The Labute approximate surface area is 158 Å². The second-order valence-electron chi connectivity index (χ2n) is 5.81. The number of hydrogen-bond acceptors (Lipinski definition) is 11. The Balaban J connectivity index is 1.47. The van der Waals surface area contributed by atoms with E-state index in [1.165, 1.54) is 12.7 Å². The van der Waals surface area contributed by atoms with Gasteiger partial charge in [0.15, 0.2) is 22.3 Å². The first-order valence-electron chi connectivity index (χ1n) is 8.19. The first-order valence-corrected chi connectivity index (χ1v) is 8.19. The van der Waals surface area contributed by atoms with Crippen LogP contribution in [0.4, 0.5) is 23.8 Å². The fourth-order valence-corrected chi connectivity index (χ4v) is 2.61. The van der Waals surface area contributed by atoms with Crippen molar-refractivity contribution < 1.29 is 0 Å². The summed E-state index contributed by atoms with van der Waals surface area (Å²) in [6, 6.07) is 0. The van der Waals surface area contributed by atoms with Crippen molar-refractivity contribution in [3.05, 3.63) is 39.2 Å². The third-order valence-corrected chi connectivity index (χ3v) is 3.79. The highest BCUT2D eigenvalue weighted by atomic mass is 16.1. The van der Waals surface area contributed by atoms with Gasteiger partial charge in [-0.05, 0) is 6.92 Å². The van der Waals surface area contributed by atoms with Crippen LogP contribution in [0.2, 0.25) is 0 Å². The van der Waals surface area contributed by atoms with Crippen LogP contribution in [0.15, 0.2) is 22.2 Å². The Kier molecular flexibility index (Phi) is 3.52. The molecule has 0 saturated heterocycles. The molecule has 15 nitrogen and oxygen atoms in total. The summed E-state index contributed by atoms with van der Waals surface area (Å²) in [6.45, 7) is 1.65. The van der Waals surface area contributed by atoms with E-state index in [0.29, 0.717) is 17.1 Å². The smallest absolute Gasteiger partial charge is 0.280 e. The first-order chi connectivity index (χ1) is 14.0. The molecule has 0 atom stereocenters. The summed E-state index contributed by atoms with van der Waals surface area (Å²) in [7, 11) is 0. The van der Waals surface area contributed by atoms with Gasteiger partial charge in [0.1, 0.15) is 5.82 Å². The number of nitrogens with zero attached hydrogens (tertiary/aromatic N) is 7. The summed E-state index contributed by atoms with van der Waals surface area (Å²) < 4.78 is 0. The largest absolute Gasteiger partial charge is 0.329 e. The average Bonchev–Trinajstić information content (AvgIpc) is 3.30. The molecular weight excluding hydrogens is 382 g/mol. The third kappa shape index (κ3) is 3.01. The lowest BCUT2D eigenvalue weighted by atomic mass is 10.5. The van der Waals surface area contributed by atoms with Crippen LogP contribution >= 0.6 is 0 Å². The normalized spacial score (nSPS) is 11.2. The summed E-state index contributed by atoms with van der Waals surface area (Å²) >= 11 is 0. The molecule has 5 aromatic heterocycles. The van der Waals surface area contributed by atoms with Crippen LogP contribution in [-0.2, 0) is 0 Å². The van der Waals surface area contributed by atoms with Crippen LogP contribution in [0.3, 0.4) is 0 Å². The van der Waals surface area contributed by atoms with Gasteiger partial charge >= 0.3 is 0 Å². The predicted molar refractivity (Wildman–Crippen MR) is 100 cm³/mol. The number of H-pyrrole nitrogens is 4. The van der Waals surface area contributed by atoms with E-state index >= 15 is 0 Å². The monoisotopic (exact) mass is 393 g/mol. The van der Waals surface area contributed by atoms with E-state index in [2.05, 4.69) is 65.5 Å². The van der Waals surface area contributed by atoms with Crippen molar-refractivity contribution in [3.63, 3.8) is 0 Å². The minimum absolute atomic E-state index is 0.118. The topological polar surface area (TPSA) is 212 Å². The second-order valence-corrected chi connectivity index (χ2v) is 5.81. The first kappa shape index (κ1) is 16.5. The van der Waals surface area contributed by atoms with Crippen LogP contribution in [0.5, 0.6) is 0 Å². The highest BCUT2D eigenvalue weighted by Crippen LogP contribution is 2.13. The number of imidazole rings is 2. The zero-order valence-electron chi connectivity index (χ0n) is 14.6.